The highest BCUT2D eigenvalue weighted by Crippen LogP contribution is 2.40. The molecule has 1 saturated heterocycles. The summed E-state index contributed by atoms with van der Waals surface area (Å²) in [5.41, 5.74) is 3.15. The van der Waals surface area contributed by atoms with Crippen LogP contribution in [0.25, 0.3) is 6.08 Å². The van der Waals surface area contributed by atoms with Crippen molar-refractivity contribution in [2.75, 3.05) is 13.1 Å². The molecule has 6 nitrogen and oxygen atoms in total. The first-order chi connectivity index (χ1) is 14.5. The summed E-state index contributed by atoms with van der Waals surface area (Å²) in [7, 11) is 0. The summed E-state index contributed by atoms with van der Waals surface area (Å²) in [4.78, 5) is 26.2. The summed E-state index contributed by atoms with van der Waals surface area (Å²) in [6.07, 6.45) is 4.48. The van der Waals surface area contributed by atoms with Crippen molar-refractivity contribution in [3.63, 3.8) is 0 Å². The minimum absolute atomic E-state index is 0.0247. The Bertz CT molecular complexity index is 996. The van der Waals surface area contributed by atoms with Gasteiger partial charge in [0.1, 0.15) is 17.2 Å². The van der Waals surface area contributed by atoms with Crippen molar-refractivity contribution in [2.45, 2.75) is 31.4 Å². The first-order valence-corrected chi connectivity index (χ1v) is 9.92. The summed E-state index contributed by atoms with van der Waals surface area (Å²) in [6.45, 7) is 2.22. The number of nitrogens with one attached hydrogen (secondary N) is 1. The van der Waals surface area contributed by atoms with E-state index in [2.05, 4.69) is 4.90 Å². The van der Waals surface area contributed by atoms with E-state index in [1.807, 2.05) is 6.07 Å². The fraction of sp³-hybridized carbons (Fsp3) is 0.304. The zero-order valence-electron chi connectivity index (χ0n) is 16.4. The number of nitrogens with zero attached hydrogens (tertiary/aromatic N) is 1. The molecule has 2 aliphatic rings. The third kappa shape index (κ3) is 4.42. The molecule has 1 spiro atoms. The van der Waals surface area contributed by atoms with Crippen LogP contribution in [0.5, 0.6) is 5.75 Å². The van der Waals surface area contributed by atoms with Crippen LogP contribution < -0.4 is 10.2 Å². The predicted octanol–water partition coefficient (Wildman–Crippen LogP) is 3.34. The second-order valence-electron chi connectivity index (χ2n) is 7.86. The second-order valence-corrected chi connectivity index (χ2v) is 7.86. The van der Waals surface area contributed by atoms with Gasteiger partial charge in [-0.25, -0.2) is 9.87 Å². The van der Waals surface area contributed by atoms with Crippen molar-refractivity contribution in [3.05, 3.63) is 71.0 Å². The standard InChI is InChI=1S/C23H23FN2O4/c24-18-3-1-2-17(12-18)15-26-10-8-23(9-11-26)14-20(27)19-13-16(4-6-21(19)30-23)5-7-22(28)25-29/h1-7,12-13,29H,8-11,14-15H2,(H,25,28). The molecule has 7 heteroatoms. The van der Waals surface area contributed by atoms with Crippen LogP contribution >= 0.6 is 0 Å². The molecule has 2 aromatic carbocycles. The number of ketones is 1. The molecule has 0 aromatic heterocycles. The van der Waals surface area contributed by atoms with Gasteiger partial charge in [0.05, 0.1) is 12.0 Å². The van der Waals surface area contributed by atoms with Crippen molar-refractivity contribution in [1.29, 1.82) is 0 Å². The number of carbonyl (C=O) groups is 2. The number of amides is 1. The molecule has 156 valence electrons. The fourth-order valence-electron chi connectivity index (χ4n) is 4.12. The largest absolute Gasteiger partial charge is 0.486 e. The Morgan fingerprint density at radius 1 is 1.23 bits per heavy atom. The SMILES string of the molecule is O=C(C=Cc1ccc2c(c1)C(=O)CC1(CCN(Cc3cccc(F)c3)CC1)O2)NO. The maximum absolute atomic E-state index is 13.4. The number of fused-ring (bicyclic) bond motifs is 1. The van der Waals surface area contributed by atoms with Crippen LogP contribution in [0.15, 0.2) is 48.5 Å². The number of benzene rings is 2. The molecule has 2 aromatic rings. The quantitative estimate of drug-likeness (QED) is 0.459. The summed E-state index contributed by atoms with van der Waals surface area (Å²) >= 11 is 0. The molecule has 0 unspecified atom stereocenters. The van der Waals surface area contributed by atoms with Gasteiger partial charge in [-0.2, -0.15) is 0 Å². The molecule has 1 fully saturated rings. The Morgan fingerprint density at radius 3 is 2.77 bits per heavy atom. The lowest BCUT2D eigenvalue weighted by Crippen LogP contribution is -2.50. The van der Waals surface area contributed by atoms with E-state index >= 15 is 0 Å². The topological polar surface area (TPSA) is 78.9 Å². The van der Waals surface area contributed by atoms with Crippen molar-refractivity contribution in [3.8, 4) is 5.75 Å². The molecule has 0 bridgehead atoms. The zero-order valence-corrected chi connectivity index (χ0v) is 16.4. The smallest absolute Gasteiger partial charge is 0.267 e. The number of Topliss-reactive ketones (excluding diaryl/α,β-unsaturated/α-hetero) is 1. The number of carbonyl (C=O) groups excluding carboxylic acids is 2. The third-order valence-corrected chi connectivity index (χ3v) is 5.71. The van der Waals surface area contributed by atoms with E-state index in [1.165, 1.54) is 23.7 Å². The molecule has 0 radical (unpaired) electrons. The average Bonchev–Trinajstić information content (AvgIpc) is 2.74. The summed E-state index contributed by atoms with van der Waals surface area (Å²) in [5.74, 6) is -0.283. The number of ether oxygens (including phenoxy) is 1. The van der Waals surface area contributed by atoms with E-state index in [0.717, 1.165) is 31.5 Å². The highest BCUT2D eigenvalue weighted by Gasteiger charge is 2.42. The number of halogens is 1. The van der Waals surface area contributed by atoms with Crippen molar-refractivity contribution >= 4 is 17.8 Å². The van der Waals surface area contributed by atoms with Gasteiger partial charge in [0.25, 0.3) is 5.91 Å². The summed E-state index contributed by atoms with van der Waals surface area (Å²) in [5, 5.41) is 8.56. The van der Waals surface area contributed by atoms with Gasteiger partial charge < -0.3 is 4.74 Å². The normalized spacial score (nSPS) is 18.3. The molecule has 0 atom stereocenters. The van der Waals surface area contributed by atoms with Gasteiger partial charge >= 0.3 is 0 Å². The minimum atomic E-state index is -0.640. The van der Waals surface area contributed by atoms with E-state index in [0.29, 0.717) is 29.8 Å². The van der Waals surface area contributed by atoms with Crippen molar-refractivity contribution in [2.24, 2.45) is 0 Å². The average molecular weight is 410 g/mol. The Kier molecular flexibility index (Phi) is 5.65. The van der Waals surface area contributed by atoms with Crippen LogP contribution in [0.2, 0.25) is 0 Å². The molecule has 0 aliphatic carbocycles. The Hall–Kier alpha value is -3.03. The molecular weight excluding hydrogens is 387 g/mol. The van der Waals surface area contributed by atoms with E-state index in [4.69, 9.17) is 9.94 Å². The fourth-order valence-corrected chi connectivity index (χ4v) is 4.12. The maximum atomic E-state index is 13.4. The predicted molar refractivity (Wildman–Crippen MR) is 109 cm³/mol. The molecule has 0 saturated carbocycles. The Balaban J connectivity index is 1.43. The van der Waals surface area contributed by atoms with Crippen LogP contribution in [0.1, 0.15) is 40.7 Å². The monoisotopic (exact) mass is 410 g/mol. The first-order valence-electron chi connectivity index (χ1n) is 9.92. The van der Waals surface area contributed by atoms with Gasteiger partial charge in [0.15, 0.2) is 5.78 Å². The van der Waals surface area contributed by atoms with Crippen LogP contribution in [0, 0.1) is 5.82 Å². The second kappa shape index (κ2) is 8.38. The third-order valence-electron chi connectivity index (χ3n) is 5.71. The van der Waals surface area contributed by atoms with Gasteiger partial charge in [-0.1, -0.05) is 18.2 Å². The highest BCUT2D eigenvalue weighted by atomic mass is 19.1. The summed E-state index contributed by atoms with van der Waals surface area (Å²) < 4.78 is 19.7. The van der Waals surface area contributed by atoms with Gasteiger partial charge in [0, 0.05) is 38.6 Å². The minimum Gasteiger partial charge on any atom is -0.486 e. The van der Waals surface area contributed by atoms with E-state index in [-0.39, 0.29) is 11.6 Å². The lowest BCUT2D eigenvalue weighted by atomic mass is 9.82. The zero-order chi connectivity index (χ0) is 21.1. The number of rotatable bonds is 4. The Morgan fingerprint density at radius 2 is 2.03 bits per heavy atom. The molecule has 1 amide bonds. The molecule has 2 aliphatic heterocycles. The number of likely N-dealkylation sites (tertiary alicyclic amines) is 1. The molecule has 2 heterocycles. The molecular formula is C23H23FN2O4. The number of hydroxylamine groups is 1. The van der Waals surface area contributed by atoms with Crippen LogP contribution in [0.4, 0.5) is 4.39 Å². The van der Waals surface area contributed by atoms with Gasteiger partial charge in [-0.15, -0.1) is 0 Å². The lowest BCUT2D eigenvalue weighted by molar-refractivity contribution is -0.124. The maximum Gasteiger partial charge on any atom is 0.267 e. The highest BCUT2D eigenvalue weighted by molar-refractivity contribution is 6.01. The van der Waals surface area contributed by atoms with E-state index in [1.54, 1.807) is 30.3 Å². The lowest BCUT2D eigenvalue weighted by Gasteiger charge is -2.44. The molecule has 4 rings (SSSR count). The van der Waals surface area contributed by atoms with Crippen molar-refractivity contribution < 1.29 is 23.9 Å². The summed E-state index contributed by atoms with van der Waals surface area (Å²) in [6, 6.07) is 11.9. The van der Waals surface area contributed by atoms with Crippen LogP contribution in [-0.2, 0) is 11.3 Å². The Labute approximate surface area is 173 Å². The number of piperidine rings is 1. The van der Waals surface area contributed by atoms with Crippen LogP contribution in [0.3, 0.4) is 0 Å². The van der Waals surface area contributed by atoms with E-state index in [9.17, 15) is 14.0 Å². The van der Waals surface area contributed by atoms with Crippen LogP contribution in [-0.4, -0.2) is 40.5 Å². The van der Waals surface area contributed by atoms with Gasteiger partial charge in [-0.05, 0) is 41.5 Å². The van der Waals surface area contributed by atoms with Gasteiger partial charge in [-0.3, -0.25) is 19.7 Å². The molecule has 2 N–H and O–H groups in total. The molecule has 30 heavy (non-hydrogen) atoms. The number of hydrogen-bond donors (Lipinski definition) is 2. The first kappa shape index (κ1) is 20.3. The van der Waals surface area contributed by atoms with E-state index < -0.39 is 11.5 Å². The number of hydrogen-bond acceptors (Lipinski definition) is 5. The van der Waals surface area contributed by atoms with Gasteiger partial charge in [0.2, 0.25) is 0 Å². The van der Waals surface area contributed by atoms with Crippen molar-refractivity contribution in [1.82, 2.24) is 10.4 Å².